The van der Waals surface area contributed by atoms with E-state index in [1.54, 1.807) is 19.5 Å². The van der Waals surface area contributed by atoms with Crippen molar-refractivity contribution in [2.75, 3.05) is 32.1 Å². The maximum absolute atomic E-state index is 13.7. The summed E-state index contributed by atoms with van der Waals surface area (Å²) in [6, 6.07) is 12.4. The lowest BCUT2D eigenvalue weighted by Gasteiger charge is -2.36. The second kappa shape index (κ2) is 13.7. The molecule has 4 heterocycles. The molecule has 1 aliphatic carbocycles. The number of carbonyl (C=O) groups excluding carboxylic acids is 1. The van der Waals surface area contributed by atoms with Crippen molar-refractivity contribution in [2.24, 2.45) is 5.92 Å². The molecule has 3 aromatic heterocycles. The zero-order chi connectivity index (χ0) is 34.1. The minimum Gasteiger partial charge on any atom is -0.467 e. The van der Waals surface area contributed by atoms with Crippen LogP contribution in [0.5, 0.6) is 6.01 Å². The van der Waals surface area contributed by atoms with Gasteiger partial charge in [-0.1, -0.05) is 11.3 Å². The van der Waals surface area contributed by atoms with E-state index in [0.29, 0.717) is 30.4 Å². The summed E-state index contributed by atoms with van der Waals surface area (Å²) < 4.78 is 34.2. The van der Waals surface area contributed by atoms with E-state index in [0.717, 1.165) is 78.7 Å². The molecule has 2 aliphatic rings. The van der Waals surface area contributed by atoms with Gasteiger partial charge in [-0.05, 0) is 87.4 Å². The molecule has 1 saturated heterocycles. The number of H-pyrrole nitrogens is 1. The van der Waals surface area contributed by atoms with Gasteiger partial charge in [-0.15, -0.1) is 5.10 Å². The first-order valence-corrected chi connectivity index (χ1v) is 16.7. The topological polar surface area (TPSA) is 118 Å². The van der Waals surface area contributed by atoms with Crippen molar-refractivity contribution in [1.29, 1.82) is 0 Å². The Labute approximate surface area is 283 Å². The quantitative estimate of drug-likeness (QED) is 0.196. The minimum atomic E-state index is -0.886. The first-order chi connectivity index (χ1) is 23.8. The number of methoxy groups -OCH3 is 1. The smallest absolute Gasteiger partial charge is 0.318 e. The number of hydrogen-bond donors (Lipinski definition) is 1. The van der Waals surface area contributed by atoms with Gasteiger partial charge < -0.3 is 19.5 Å². The third-order valence-electron chi connectivity index (χ3n) is 9.98. The molecule has 2 fully saturated rings. The molecular formula is C36H39F2N9O2. The number of amides is 1. The highest BCUT2D eigenvalue weighted by Gasteiger charge is 2.33. The number of nitrogens with zero attached hydrogens (tertiary/aromatic N) is 8. The zero-order valence-electron chi connectivity index (χ0n) is 27.8. The van der Waals surface area contributed by atoms with Gasteiger partial charge >= 0.3 is 6.01 Å². The van der Waals surface area contributed by atoms with Crippen LogP contribution in [0.2, 0.25) is 0 Å². The molecule has 7 rings (SSSR count). The van der Waals surface area contributed by atoms with Crippen LogP contribution in [-0.2, 0) is 4.79 Å². The molecule has 0 spiro atoms. The third kappa shape index (κ3) is 6.74. The molecule has 1 aliphatic heterocycles. The number of piperidine rings is 1. The number of halogens is 2. The van der Waals surface area contributed by atoms with Crippen LogP contribution in [0.15, 0.2) is 61.1 Å². The van der Waals surface area contributed by atoms with Crippen LogP contribution in [0.25, 0.3) is 22.5 Å². The van der Waals surface area contributed by atoms with E-state index >= 15 is 0 Å². The molecule has 1 amide bonds. The fourth-order valence-electron chi connectivity index (χ4n) is 7.00. The van der Waals surface area contributed by atoms with Gasteiger partial charge in [0.1, 0.15) is 17.3 Å². The van der Waals surface area contributed by atoms with Gasteiger partial charge in [0, 0.05) is 55.0 Å². The predicted octanol–water partition coefficient (Wildman–Crippen LogP) is 6.63. The zero-order valence-corrected chi connectivity index (χ0v) is 27.8. The van der Waals surface area contributed by atoms with Crippen molar-refractivity contribution in [2.45, 2.75) is 57.4 Å². The number of imidazole rings is 1. The van der Waals surface area contributed by atoms with Crippen molar-refractivity contribution < 1.29 is 18.3 Å². The summed E-state index contributed by atoms with van der Waals surface area (Å²) in [4.78, 5) is 33.8. The van der Waals surface area contributed by atoms with E-state index in [1.165, 1.54) is 12.1 Å². The van der Waals surface area contributed by atoms with E-state index < -0.39 is 11.6 Å². The Hall–Kier alpha value is -5.20. The van der Waals surface area contributed by atoms with Crippen molar-refractivity contribution in [3.8, 4) is 28.5 Å². The number of aryl methyl sites for hydroxylation is 1. The molecule has 0 bridgehead atoms. The Kier molecular flexibility index (Phi) is 9.07. The van der Waals surface area contributed by atoms with E-state index in [-0.39, 0.29) is 23.8 Å². The lowest BCUT2D eigenvalue weighted by molar-refractivity contribution is -0.138. The molecule has 13 heteroatoms. The van der Waals surface area contributed by atoms with E-state index in [1.807, 2.05) is 39.9 Å². The summed E-state index contributed by atoms with van der Waals surface area (Å²) in [5.74, 6) is 0.198. The van der Waals surface area contributed by atoms with Crippen molar-refractivity contribution in [3.63, 3.8) is 0 Å². The number of likely N-dealkylation sites (tertiary alicyclic amines) is 1. The monoisotopic (exact) mass is 667 g/mol. The Morgan fingerprint density at radius 3 is 2.53 bits per heavy atom. The summed E-state index contributed by atoms with van der Waals surface area (Å²) >= 11 is 0. The normalized spacial score (nSPS) is 18.4. The van der Waals surface area contributed by atoms with Gasteiger partial charge in [0.05, 0.1) is 31.2 Å². The van der Waals surface area contributed by atoms with E-state index in [2.05, 4.69) is 49.3 Å². The van der Waals surface area contributed by atoms with E-state index in [4.69, 9.17) is 4.74 Å². The number of hydrogen-bond acceptors (Lipinski definition) is 8. The number of nitrogens with one attached hydrogen (secondary N) is 1. The third-order valence-corrected chi connectivity index (χ3v) is 9.98. The molecule has 1 saturated carbocycles. The molecule has 11 nitrogen and oxygen atoms in total. The van der Waals surface area contributed by atoms with Gasteiger partial charge in [0.2, 0.25) is 5.91 Å². The van der Waals surface area contributed by atoms with Crippen LogP contribution in [0.1, 0.15) is 61.9 Å². The standard InChI is InChI=1S/C36H39F2N9O2/c1-22-4-8-27(45(2)33-12-15-39-36(42-33)49-3)19-28(22)32-21-47(44-43-32)26-9-5-24(6-10-26)35(48)46-16-13-23(14-17-46)34-40-20-31(41-34)25-7-11-29(37)30(38)18-25/h4,7-8,11-12,15,18-21,23-24,26H,5-6,9-10,13-14,16-17H2,1-3H3,(H,40,41). The van der Waals surface area contributed by atoms with Crippen LogP contribution in [0.3, 0.4) is 0 Å². The Bertz CT molecular complexity index is 1940. The summed E-state index contributed by atoms with van der Waals surface area (Å²) in [6.07, 6.45) is 10.3. The number of aromatic nitrogens is 7. The number of anilines is 2. The first-order valence-electron chi connectivity index (χ1n) is 16.7. The lowest BCUT2D eigenvalue weighted by atomic mass is 9.84. The first kappa shape index (κ1) is 32.4. The Morgan fingerprint density at radius 2 is 1.78 bits per heavy atom. The van der Waals surface area contributed by atoms with Crippen LogP contribution in [0.4, 0.5) is 20.3 Å². The summed E-state index contributed by atoms with van der Waals surface area (Å²) in [7, 11) is 3.50. The van der Waals surface area contributed by atoms with Crippen molar-refractivity contribution >= 4 is 17.4 Å². The molecule has 1 N–H and O–H groups in total. The molecule has 5 aromatic rings. The number of aromatic amines is 1. The highest BCUT2D eigenvalue weighted by atomic mass is 19.2. The Balaban J connectivity index is 0.932. The maximum Gasteiger partial charge on any atom is 0.318 e. The molecule has 49 heavy (non-hydrogen) atoms. The highest BCUT2D eigenvalue weighted by molar-refractivity contribution is 5.79. The number of carbonyl (C=O) groups is 1. The molecule has 254 valence electrons. The van der Waals surface area contributed by atoms with Gasteiger partial charge in [-0.2, -0.15) is 4.98 Å². The largest absolute Gasteiger partial charge is 0.467 e. The van der Waals surface area contributed by atoms with E-state index in [9.17, 15) is 13.6 Å². The molecular weight excluding hydrogens is 628 g/mol. The SMILES string of the molecule is COc1nccc(N(C)c2ccc(C)c(-c3cn(C4CCC(C(=O)N5CCC(c6ncc(-c7ccc(F)c(F)c7)[nH]6)CC5)CC4)nn3)c2)n1. The Morgan fingerprint density at radius 1 is 0.980 bits per heavy atom. The predicted molar refractivity (Wildman–Crippen MR) is 180 cm³/mol. The number of ether oxygens (including phenoxy) is 1. The second-order valence-corrected chi connectivity index (χ2v) is 13.0. The lowest BCUT2D eigenvalue weighted by Crippen LogP contribution is -2.42. The molecule has 0 radical (unpaired) electrons. The second-order valence-electron chi connectivity index (χ2n) is 13.0. The van der Waals surface area contributed by atoms with Gasteiger partial charge in [-0.25, -0.2) is 23.4 Å². The number of benzene rings is 2. The fraction of sp³-hybridized carbons (Fsp3) is 0.389. The minimum absolute atomic E-state index is 0.00858. The molecule has 0 atom stereocenters. The van der Waals surface area contributed by atoms with Gasteiger partial charge in [0.25, 0.3) is 0 Å². The average Bonchev–Trinajstić information content (AvgIpc) is 3.84. The fourth-order valence-corrected chi connectivity index (χ4v) is 7.00. The van der Waals surface area contributed by atoms with Crippen LogP contribution < -0.4 is 9.64 Å². The maximum atomic E-state index is 13.7. The number of rotatable bonds is 8. The van der Waals surface area contributed by atoms with Gasteiger partial charge in [-0.3, -0.25) is 4.79 Å². The average molecular weight is 668 g/mol. The summed E-state index contributed by atoms with van der Waals surface area (Å²) in [5.41, 5.74) is 5.06. The summed E-state index contributed by atoms with van der Waals surface area (Å²) in [6.45, 7) is 3.42. The van der Waals surface area contributed by atoms with Crippen LogP contribution in [0, 0.1) is 24.5 Å². The van der Waals surface area contributed by atoms with Crippen LogP contribution in [-0.4, -0.2) is 73.0 Å². The van der Waals surface area contributed by atoms with Crippen LogP contribution >= 0.6 is 0 Å². The van der Waals surface area contributed by atoms with Gasteiger partial charge in [0.15, 0.2) is 11.6 Å². The van der Waals surface area contributed by atoms with Crippen molar-refractivity contribution in [3.05, 3.63) is 84.1 Å². The molecule has 2 aromatic carbocycles. The summed E-state index contributed by atoms with van der Waals surface area (Å²) in [5, 5.41) is 9.06. The van der Waals surface area contributed by atoms with Crippen molar-refractivity contribution in [1.82, 2.24) is 39.8 Å². The highest BCUT2D eigenvalue weighted by Crippen LogP contribution is 2.36. The molecule has 0 unspecified atom stereocenters.